The van der Waals surface area contributed by atoms with Gasteiger partial charge in [0.05, 0.1) is 0 Å². The van der Waals surface area contributed by atoms with Crippen molar-refractivity contribution in [3.63, 3.8) is 0 Å². The van der Waals surface area contributed by atoms with Gasteiger partial charge >= 0.3 is 0 Å². The van der Waals surface area contributed by atoms with E-state index in [2.05, 4.69) is 30.9 Å². The molecule has 1 aliphatic rings. The minimum atomic E-state index is -0.363. The van der Waals surface area contributed by atoms with Crippen LogP contribution in [0.15, 0.2) is 4.52 Å². The van der Waals surface area contributed by atoms with Crippen molar-refractivity contribution in [2.45, 2.75) is 65.4 Å². The van der Waals surface area contributed by atoms with E-state index in [0.29, 0.717) is 30.4 Å². The van der Waals surface area contributed by atoms with Gasteiger partial charge in [-0.15, -0.1) is 0 Å². The molecule has 21 heavy (non-hydrogen) atoms. The van der Waals surface area contributed by atoms with Crippen LogP contribution in [0.1, 0.15) is 65.1 Å². The third-order valence-corrected chi connectivity index (χ3v) is 4.63. The summed E-state index contributed by atoms with van der Waals surface area (Å²) in [6.45, 7) is 10.0. The highest BCUT2D eigenvalue weighted by Crippen LogP contribution is 2.46. The zero-order chi connectivity index (χ0) is 15.5. The lowest BCUT2D eigenvalue weighted by atomic mass is 9.70. The SMILES string of the molecule is CCOC1(c2noc(CC(C)CN)n2)CCC(C)(C)CC1. The molecule has 0 radical (unpaired) electrons. The summed E-state index contributed by atoms with van der Waals surface area (Å²) in [5, 5.41) is 4.21. The molecule has 5 heteroatoms. The van der Waals surface area contributed by atoms with Crippen molar-refractivity contribution in [1.82, 2.24) is 10.1 Å². The summed E-state index contributed by atoms with van der Waals surface area (Å²) in [5.74, 6) is 1.75. The number of hydrogen-bond acceptors (Lipinski definition) is 5. The Morgan fingerprint density at radius 1 is 1.29 bits per heavy atom. The first-order valence-corrected chi connectivity index (χ1v) is 8.08. The summed E-state index contributed by atoms with van der Waals surface area (Å²) in [6, 6.07) is 0. The summed E-state index contributed by atoms with van der Waals surface area (Å²) in [7, 11) is 0. The second kappa shape index (κ2) is 6.44. The summed E-state index contributed by atoms with van der Waals surface area (Å²) >= 11 is 0. The van der Waals surface area contributed by atoms with Crippen LogP contribution < -0.4 is 5.73 Å². The molecule has 2 rings (SSSR count). The monoisotopic (exact) mass is 295 g/mol. The highest BCUT2D eigenvalue weighted by atomic mass is 16.5. The number of rotatable bonds is 6. The Hall–Kier alpha value is -0.940. The van der Waals surface area contributed by atoms with E-state index in [1.807, 2.05) is 6.92 Å². The molecule has 1 aromatic heterocycles. The van der Waals surface area contributed by atoms with Crippen molar-refractivity contribution in [2.75, 3.05) is 13.2 Å². The summed E-state index contributed by atoms with van der Waals surface area (Å²) in [6.07, 6.45) is 4.89. The highest BCUT2D eigenvalue weighted by Gasteiger charge is 2.43. The molecule has 0 aromatic carbocycles. The Kier molecular flexibility index (Phi) is 5.04. The van der Waals surface area contributed by atoms with Crippen molar-refractivity contribution in [3.05, 3.63) is 11.7 Å². The topological polar surface area (TPSA) is 74.2 Å². The fraction of sp³-hybridized carbons (Fsp3) is 0.875. The Balaban J connectivity index is 2.15. The number of nitrogens with zero attached hydrogens (tertiary/aromatic N) is 2. The maximum atomic E-state index is 6.08. The average molecular weight is 295 g/mol. The zero-order valence-corrected chi connectivity index (χ0v) is 13.8. The van der Waals surface area contributed by atoms with Gasteiger partial charge < -0.3 is 15.0 Å². The van der Waals surface area contributed by atoms with Crippen LogP contribution in [-0.2, 0) is 16.8 Å². The van der Waals surface area contributed by atoms with Crippen molar-refractivity contribution < 1.29 is 9.26 Å². The van der Waals surface area contributed by atoms with Crippen molar-refractivity contribution in [1.29, 1.82) is 0 Å². The molecule has 120 valence electrons. The van der Waals surface area contributed by atoms with E-state index in [1.54, 1.807) is 0 Å². The van der Waals surface area contributed by atoms with Crippen LogP contribution in [0.4, 0.5) is 0 Å². The van der Waals surface area contributed by atoms with E-state index >= 15 is 0 Å². The van der Waals surface area contributed by atoms with Crippen molar-refractivity contribution >= 4 is 0 Å². The molecule has 0 bridgehead atoms. The molecular weight excluding hydrogens is 266 g/mol. The first-order valence-electron chi connectivity index (χ1n) is 8.08. The first kappa shape index (κ1) is 16.4. The van der Waals surface area contributed by atoms with E-state index < -0.39 is 0 Å². The van der Waals surface area contributed by atoms with Gasteiger partial charge in [-0.05, 0) is 50.5 Å². The molecule has 1 atom stereocenters. The molecule has 1 heterocycles. The van der Waals surface area contributed by atoms with Crippen LogP contribution in [0.25, 0.3) is 0 Å². The molecular formula is C16H29N3O2. The second-order valence-corrected chi connectivity index (χ2v) is 7.15. The first-order chi connectivity index (χ1) is 9.91. The minimum absolute atomic E-state index is 0.353. The van der Waals surface area contributed by atoms with Gasteiger partial charge in [0.1, 0.15) is 5.60 Å². The lowest BCUT2D eigenvalue weighted by molar-refractivity contribution is -0.0957. The summed E-state index contributed by atoms with van der Waals surface area (Å²) in [5.41, 5.74) is 5.67. The van der Waals surface area contributed by atoms with Gasteiger partial charge in [0.2, 0.25) is 11.7 Å². The molecule has 1 saturated carbocycles. The number of hydrogen-bond donors (Lipinski definition) is 1. The number of nitrogens with two attached hydrogens (primary N) is 1. The van der Waals surface area contributed by atoms with E-state index in [4.69, 9.17) is 15.0 Å². The Morgan fingerprint density at radius 2 is 1.95 bits per heavy atom. The van der Waals surface area contributed by atoms with Crippen LogP contribution >= 0.6 is 0 Å². The molecule has 0 aliphatic heterocycles. The predicted octanol–water partition coefficient (Wildman–Crippen LogP) is 3.04. The average Bonchev–Trinajstić information content (AvgIpc) is 2.90. The molecule has 0 amide bonds. The Morgan fingerprint density at radius 3 is 2.52 bits per heavy atom. The van der Waals surface area contributed by atoms with Crippen LogP contribution in [0.3, 0.4) is 0 Å². The second-order valence-electron chi connectivity index (χ2n) is 7.15. The summed E-state index contributed by atoms with van der Waals surface area (Å²) < 4.78 is 11.5. The molecule has 1 unspecified atom stereocenters. The predicted molar refractivity (Wildman–Crippen MR) is 81.8 cm³/mol. The molecule has 2 N–H and O–H groups in total. The molecule has 0 spiro atoms. The van der Waals surface area contributed by atoms with Gasteiger partial charge in [-0.1, -0.05) is 25.9 Å². The van der Waals surface area contributed by atoms with Gasteiger partial charge in [0.15, 0.2) is 0 Å². The number of ether oxygens (including phenoxy) is 1. The molecule has 0 saturated heterocycles. The largest absolute Gasteiger partial charge is 0.367 e. The highest BCUT2D eigenvalue weighted by molar-refractivity contribution is 5.05. The van der Waals surface area contributed by atoms with E-state index in [-0.39, 0.29) is 5.60 Å². The summed E-state index contributed by atoms with van der Waals surface area (Å²) in [4.78, 5) is 4.60. The molecule has 1 fully saturated rings. The van der Waals surface area contributed by atoms with Crippen LogP contribution in [0.2, 0.25) is 0 Å². The van der Waals surface area contributed by atoms with Gasteiger partial charge in [0, 0.05) is 13.0 Å². The lowest BCUT2D eigenvalue weighted by Gasteiger charge is -2.41. The maximum absolute atomic E-state index is 6.08. The third-order valence-electron chi connectivity index (χ3n) is 4.63. The third kappa shape index (κ3) is 3.83. The molecule has 1 aliphatic carbocycles. The van der Waals surface area contributed by atoms with Crippen LogP contribution in [0.5, 0.6) is 0 Å². The van der Waals surface area contributed by atoms with E-state index in [9.17, 15) is 0 Å². The van der Waals surface area contributed by atoms with Crippen LogP contribution in [0, 0.1) is 11.3 Å². The Labute approximate surface area is 127 Å². The lowest BCUT2D eigenvalue weighted by Crippen LogP contribution is -2.38. The van der Waals surface area contributed by atoms with Gasteiger partial charge in [-0.2, -0.15) is 4.98 Å². The van der Waals surface area contributed by atoms with Gasteiger partial charge in [0.25, 0.3) is 0 Å². The van der Waals surface area contributed by atoms with Crippen LogP contribution in [-0.4, -0.2) is 23.3 Å². The minimum Gasteiger partial charge on any atom is -0.367 e. The van der Waals surface area contributed by atoms with Crippen molar-refractivity contribution in [3.8, 4) is 0 Å². The Bertz CT molecular complexity index is 446. The standard InChI is InChI=1S/C16H29N3O2/c1-5-20-16(8-6-15(3,4)7-9-16)14-18-13(21-19-14)10-12(2)11-17/h12H,5-11,17H2,1-4H3. The van der Waals surface area contributed by atoms with E-state index in [0.717, 1.165) is 37.9 Å². The number of aromatic nitrogens is 2. The van der Waals surface area contributed by atoms with Gasteiger partial charge in [-0.25, -0.2) is 0 Å². The molecule has 1 aromatic rings. The van der Waals surface area contributed by atoms with Crippen molar-refractivity contribution in [2.24, 2.45) is 17.1 Å². The normalized spacial score (nSPS) is 22.1. The fourth-order valence-electron chi connectivity index (χ4n) is 2.94. The van der Waals surface area contributed by atoms with Gasteiger partial charge in [-0.3, -0.25) is 0 Å². The molecule has 5 nitrogen and oxygen atoms in total. The van der Waals surface area contributed by atoms with E-state index in [1.165, 1.54) is 0 Å². The quantitative estimate of drug-likeness (QED) is 0.873. The zero-order valence-electron chi connectivity index (χ0n) is 13.8. The maximum Gasteiger partial charge on any atom is 0.227 e. The fourth-order valence-corrected chi connectivity index (χ4v) is 2.94. The smallest absolute Gasteiger partial charge is 0.227 e.